The summed E-state index contributed by atoms with van der Waals surface area (Å²) >= 11 is 0. The van der Waals surface area contributed by atoms with Crippen LogP contribution in [0.4, 0.5) is 18.9 Å². The first-order valence-electron chi connectivity index (χ1n) is 10.4. The maximum atomic E-state index is 13.3. The fraction of sp³-hybridized carbons (Fsp3) is 0.292. The van der Waals surface area contributed by atoms with Crippen molar-refractivity contribution in [2.24, 2.45) is 0 Å². The van der Waals surface area contributed by atoms with Crippen LogP contribution in [0.25, 0.3) is 0 Å². The molecule has 6 nitrogen and oxygen atoms in total. The van der Waals surface area contributed by atoms with E-state index in [0.29, 0.717) is 24.2 Å². The highest BCUT2D eigenvalue weighted by Gasteiger charge is 2.37. The van der Waals surface area contributed by atoms with Gasteiger partial charge in [0.2, 0.25) is 0 Å². The molecule has 0 fully saturated rings. The summed E-state index contributed by atoms with van der Waals surface area (Å²) in [6.45, 7) is 2.23. The Morgan fingerprint density at radius 3 is 2.61 bits per heavy atom. The van der Waals surface area contributed by atoms with Crippen molar-refractivity contribution >= 4 is 17.4 Å². The zero-order chi connectivity index (χ0) is 23.8. The molecule has 1 aliphatic heterocycles. The van der Waals surface area contributed by atoms with E-state index in [-0.39, 0.29) is 23.2 Å². The Labute approximate surface area is 188 Å². The molecule has 3 aromatic rings. The van der Waals surface area contributed by atoms with E-state index in [1.165, 1.54) is 18.3 Å². The summed E-state index contributed by atoms with van der Waals surface area (Å²) in [5.41, 5.74) is 1.47. The molecule has 0 bridgehead atoms. The highest BCUT2D eigenvalue weighted by molar-refractivity contribution is 6.10. The van der Waals surface area contributed by atoms with Gasteiger partial charge in [-0.05, 0) is 48.7 Å². The predicted octanol–water partition coefficient (Wildman–Crippen LogP) is 5.23. The first-order chi connectivity index (χ1) is 15.7. The number of aromatic nitrogens is 2. The van der Waals surface area contributed by atoms with Crippen molar-refractivity contribution in [3.63, 3.8) is 0 Å². The molecule has 33 heavy (non-hydrogen) atoms. The van der Waals surface area contributed by atoms with E-state index < -0.39 is 23.6 Å². The van der Waals surface area contributed by atoms with Crippen LogP contribution in [0.15, 0.2) is 54.7 Å². The number of ether oxygens (including phenoxy) is 1. The second-order valence-corrected chi connectivity index (χ2v) is 8.06. The monoisotopic (exact) mass is 457 g/mol. The average molecular weight is 457 g/mol. The van der Waals surface area contributed by atoms with E-state index in [1.54, 1.807) is 30.0 Å². The lowest BCUT2D eigenvalue weighted by atomic mass is 9.84. The second kappa shape index (κ2) is 8.82. The molecule has 9 heteroatoms. The Morgan fingerprint density at radius 2 is 1.94 bits per heavy atom. The van der Waals surface area contributed by atoms with Crippen LogP contribution in [-0.4, -0.2) is 28.6 Å². The van der Waals surface area contributed by atoms with Gasteiger partial charge < -0.3 is 10.1 Å². The van der Waals surface area contributed by atoms with Crippen molar-refractivity contribution in [2.45, 2.75) is 38.1 Å². The van der Waals surface area contributed by atoms with Crippen LogP contribution < -0.4 is 5.32 Å². The lowest BCUT2D eigenvalue weighted by molar-refractivity contribution is -0.137. The molecule has 172 valence electrons. The largest absolute Gasteiger partial charge is 0.416 e. The maximum absolute atomic E-state index is 13.3. The van der Waals surface area contributed by atoms with Crippen LogP contribution in [0.5, 0.6) is 0 Å². The number of methoxy groups -OCH3 is 1. The summed E-state index contributed by atoms with van der Waals surface area (Å²) < 4.78 is 45.4. The molecule has 2 aromatic carbocycles. The number of nitrogens with zero attached hydrogens (tertiary/aromatic N) is 2. The lowest BCUT2D eigenvalue weighted by Gasteiger charge is -2.28. The van der Waals surface area contributed by atoms with Crippen LogP contribution in [0, 0.1) is 0 Å². The minimum atomic E-state index is -4.45. The van der Waals surface area contributed by atoms with Gasteiger partial charge in [-0.25, -0.2) is 0 Å². The van der Waals surface area contributed by atoms with Crippen molar-refractivity contribution < 1.29 is 27.5 Å². The van der Waals surface area contributed by atoms with Crippen molar-refractivity contribution in [3.05, 3.63) is 82.7 Å². The molecular weight excluding hydrogens is 435 g/mol. The Balaban J connectivity index is 1.60. The average Bonchev–Trinajstić information content (AvgIpc) is 3.21. The van der Waals surface area contributed by atoms with E-state index in [4.69, 9.17) is 4.74 Å². The van der Waals surface area contributed by atoms with Gasteiger partial charge in [-0.2, -0.15) is 18.3 Å². The molecule has 1 aromatic heterocycles. The smallest absolute Gasteiger partial charge is 0.380 e. The van der Waals surface area contributed by atoms with Crippen LogP contribution in [0.3, 0.4) is 0 Å². The molecule has 0 spiro atoms. The van der Waals surface area contributed by atoms with Crippen molar-refractivity contribution in [1.29, 1.82) is 0 Å². The van der Waals surface area contributed by atoms with Crippen LogP contribution >= 0.6 is 0 Å². The molecule has 1 unspecified atom stereocenters. The van der Waals surface area contributed by atoms with Crippen LogP contribution in [-0.2, 0) is 17.5 Å². The number of hydrogen-bond donors (Lipinski definition) is 1. The van der Waals surface area contributed by atoms with Crippen molar-refractivity contribution in [1.82, 2.24) is 9.78 Å². The number of amides is 1. The fourth-order valence-electron chi connectivity index (χ4n) is 4.10. The Hall–Kier alpha value is -3.46. The Morgan fingerprint density at radius 1 is 1.21 bits per heavy atom. The van der Waals surface area contributed by atoms with Gasteiger partial charge in [0, 0.05) is 12.7 Å². The highest BCUT2D eigenvalue weighted by atomic mass is 19.4. The SMILES string of the molecule is COCc1cccc(C(=O)Nc2cnn3c2C(=O)C(c2ccc(C(F)(F)F)cc2)C[C@@H]3C)c1. The number of alkyl halides is 3. The number of rotatable bonds is 5. The van der Waals surface area contributed by atoms with Crippen LogP contribution in [0.1, 0.15) is 62.8 Å². The first-order valence-corrected chi connectivity index (χ1v) is 10.4. The third-order valence-corrected chi connectivity index (χ3v) is 5.73. The van der Waals surface area contributed by atoms with Gasteiger partial charge >= 0.3 is 6.18 Å². The zero-order valence-corrected chi connectivity index (χ0v) is 18.0. The van der Waals surface area contributed by atoms with Gasteiger partial charge in [-0.15, -0.1) is 0 Å². The number of ketones is 1. The Kier molecular flexibility index (Phi) is 6.07. The van der Waals surface area contributed by atoms with Crippen molar-refractivity contribution in [3.8, 4) is 0 Å². The van der Waals surface area contributed by atoms with Gasteiger partial charge in [-0.1, -0.05) is 24.3 Å². The maximum Gasteiger partial charge on any atom is 0.416 e. The summed E-state index contributed by atoms with van der Waals surface area (Å²) in [6, 6.07) is 11.4. The number of anilines is 1. The van der Waals surface area contributed by atoms with E-state index in [2.05, 4.69) is 10.4 Å². The normalized spacial score (nSPS) is 18.2. The fourth-order valence-corrected chi connectivity index (χ4v) is 4.10. The molecule has 0 aliphatic carbocycles. The summed E-state index contributed by atoms with van der Waals surface area (Å²) in [7, 11) is 1.56. The minimum Gasteiger partial charge on any atom is -0.380 e. The molecule has 2 atom stereocenters. The quantitative estimate of drug-likeness (QED) is 0.569. The number of halogens is 3. The molecule has 2 heterocycles. The van der Waals surface area contributed by atoms with Crippen LogP contribution in [0.2, 0.25) is 0 Å². The minimum absolute atomic E-state index is 0.180. The van der Waals surface area contributed by atoms with Gasteiger partial charge in [0.1, 0.15) is 5.69 Å². The summed E-state index contributed by atoms with van der Waals surface area (Å²) in [4.78, 5) is 26.2. The Bertz CT molecular complexity index is 1190. The number of nitrogens with one attached hydrogen (secondary N) is 1. The first kappa shape index (κ1) is 22.7. The van der Waals surface area contributed by atoms with Gasteiger partial charge in [-0.3, -0.25) is 14.3 Å². The van der Waals surface area contributed by atoms with E-state index in [1.807, 2.05) is 13.0 Å². The number of carbonyl (C=O) groups is 2. The summed E-state index contributed by atoms with van der Waals surface area (Å²) in [5.74, 6) is -1.33. The zero-order valence-electron chi connectivity index (χ0n) is 18.0. The van der Waals surface area contributed by atoms with E-state index in [9.17, 15) is 22.8 Å². The summed E-state index contributed by atoms with van der Waals surface area (Å²) in [5, 5.41) is 7.02. The standard InChI is InChI=1S/C24H22F3N3O3/c1-14-10-19(16-6-8-18(9-7-16)24(25,26)27)22(31)21-20(12-28-30(14)21)29-23(32)17-5-3-4-15(11-17)13-33-2/h3-9,11-12,14,19H,10,13H2,1-2H3,(H,29,32)/t14-,19?/m0/s1. The molecule has 0 saturated heterocycles. The molecule has 0 saturated carbocycles. The van der Waals surface area contributed by atoms with E-state index >= 15 is 0 Å². The number of carbonyl (C=O) groups excluding carboxylic acids is 2. The number of hydrogen-bond acceptors (Lipinski definition) is 4. The highest BCUT2D eigenvalue weighted by Crippen LogP contribution is 2.39. The summed E-state index contributed by atoms with van der Waals surface area (Å²) in [6.07, 6.45) is -2.62. The number of fused-ring (bicyclic) bond motifs is 1. The predicted molar refractivity (Wildman–Crippen MR) is 115 cm³/mol. The van der Waals surface area contributed by atoms with Crippen molar-refractivity contribution in [2.75, 3.05) is 12.4 Å². The van der Waals surface area contributed by atoms with E-state index in [0.717, 1.165) is 17.7 Å². The number of Topliss-reactive ketones (excluding diaryl/α,β-unsaturated/α-hetero) is 1. The number of benzene rings is 2. The third-order valence-electron chi connectivity index (χ3n) is 5.73. The molecule has 1 N–H and O–H groups in total. The molecule has 1 amide bonds. The lowest BCUT2D eigenvalue weighted by Crippen LogP contribution is -2.29. The molecule has 1 aliphatic rings. The second-order valence-electron chi connectivity index (χ2n) is 8.06. The van der Waals surface area contributed by atoms with Gasteiger partial charge in [0.05, 0.1) is 36.0 Å². The molecule has 4 rings (SSSR count). The van der Waals surface area contributed by atoms with Gasteiger partial charge in [0.15, 0.2) is 5.78 Å². The topological polar surface area (TPSA) is 73.2 Å². The third kappa shape index (κ3) is 4.54. The molecular formula is C24H22F3N3O3. The molecule has 0 radical (unpaired) electrons. The van der Waals surface area contributed by atoms with Gasteiger partial charge in [0.25, 0.3) is 5.91 Å².